The van der Waals surface area contributed by atoms with Crippen LogP contribution in [-0.2, 0) is 0 Å². The Labute approximate surface area is 126 Å². The standard InChI is InChI=1S/C8H16BF3N.K/c1-2-8-5-3-4-6-13(8)7-9(10,11)12;/h8H,2-7H2,1H3;/q-1;+1. The maximum atomic E-state index is 12.2. The molecule has 0 aromatic carbocycles. The Kier molecular flexibility index (Phi) is 7.63. The minimum absolute atomic E-state index is 0. The van der Waals surface area contributed by atoms with Crippen LogP contribution in [0, 0.1) is 0 Å². The first-order valence-electron chi connectivity index (χ1n) is 4.98. The smallest absolute Gasteiger partial charge is 0.448 e. The zero-order chi connectivity index (χ0) is 9.90. The summed E-state index contributed by atoms with van der Waals surface area (Å²) in [5.74, 6) is 0. The van der Waals surface area contributed by atoms with Crippen molar-refractivity contribution in [3.05, 3.63) is 0 Å². The van der Waals surface area contributed by atoms with Gasteiger partial charge in [0.2, 0.25) is 0 Å². The van der Waals surface area contributed by atoms with Crippen LogP contribution in [0.25, 0.3) is 0 Å². The van der Waals surface area contributed by atoms with E-state index >= 15 is 0 Å². The number of nitrogens with zero attached hydrogens (tertiary/aromatic N) is 1. The summed E-state index contributed by atoms with van der Waals surface area (Å²) < 4.78 is 36.5. The minimum atomic E-state index is -4.64. The van der Waals surface area contributed by atoms with Crippen LogP contribution < -0.4 is 51.4 Å². The molecule has 1 saturated heterocycles. The monoisotopic (exact) mass is 233 g/mol. The molecule has 1 nitrogen and oxygen atoms in total. The normalized spacial score (nSPS) is 24.4. The fourth-order valence-corrected chi connectivity index (χ4v) is 2.03. The molecule has 0 radical (unpaired) electrons. The molecule has 0 spiro atoms. The molecule has 0 saturated carbocycles. The molecule has 1 aliphatic heterocycles. The quantitative estimate of drug-likeness (QED) is 0.602. The number of piperidine rings is 1. The average Bonchev–Trinajstić information content (AvgIpc) is 2.02. The number of hydrogen-bond acceptors (Lipinski definition) is 1. The molecule has 0 amide bonds. The Morgan fingerprint density at radius 1 is 1.29 bits per heavy atom. The summed E-state index contributed by atoms with van der Waals surface area (Å²) in [6, 6.07) is 0.164. The van der Waals surface area contributed by atoms with Gasteiger partial charge in [-0.1, -0.05) is 13.3 Å². The van der Waals surface area contributed by atoms with E-state index in [0.717, 1.165) is 25.7 Å². The Morgan fingerprint density at radius 2 is 1.93 bits per heavy atom. The molecule has 0 aromatic rings. The van der Waals surface area contributed by atoms with Crippen molar-refractivity contribution in [2.24, 2.45) is 0 Å². The second kappa shape index (κ2) is 6.91. The molecular weight excluding hydrogens is 217 g/mol. The summed E-state index contributed by atoms with van der Waals surface area (Å²) in [4.78, 5) is 1.60. The molecule has 14 heavy (non-hydrogen) atoms. The number of rotatable bonds is 3. The first kappa shape index (κ1) is 15.5. The first-order chi connectivity index (χ1) is 6.03. The SMILES string of the molecule is CCC1CCCCN1C[B-](F)(F)F.[K+]. The molecule has 0 aromatic heterocycles. The van der Waals surface area contributed by atoms with E-state index in [1.807, 2.05) is 6.92 Å². The van der Waals surface area contributed by atoms with Crippen LogP contribution in [0.4, 0.5) is 12.9 Å². The van der Waals surface area contributed by atoms with Crippen molar-refractivity contribution in [1.82, 2.24) is 4.90 Å². The van der Waals surface area contributed by atoms with E-state index in [0.29, 0.717) is 6.54 Å². The summed E-state index contributed by atoms with van der Waals surface area (Å²) in [5, 5.41) is 0. The summed E-state index contributed by atoms with van der Waals surface area (Å²) >= 11 is 0. The van der Waals surface area contributed by atoms with Crippen LogP contribution in [0.3, 0.4) is 0 Å². The summed E-state index contributed by atoms with van der Waals surface area (Å²) in [5.41, 5.74) is 0. The third-order valence-electron chi connectivity index (χ3n) is 2.66. The molecule has 1 aliphatic rings. The third-order valence-corrected chi connectivity index (χ3v) is 2.66. The van der Waals surface area contributed by atoms with Crippen molar-refractivity contribution in [2.45, 2.75) is 38.6 Å². The van der Waals surface area contributed by atoms with Crippen molar-refractivity contribution >= 4 is 6.98 Å². The molecule has 0 aliphatic carbocycles. The van der Waals surface area contributed by atoms with E-state index < -0.39 is 13.4 Å². The zero-order valence-electron chi connectivity index (χ0n) is 8.98. The molecule has 1 fully saturated rings. The van der Waals surface area contributed by atoms with Gasteiger partial charge in [0.25, 0.3) is 0 Å². The van der Waals surface area contributed by atoms with Gasteiger partial charge in [0.05, 0.1) is 0 Å². The van der Waals surface area contributed by atoms with E-state index in [9.17, 15) is 12.9 Å². The van der Waals surface area contributed by atoms with Crippen molar-refractivity contribution in [3.8, 4) is 0 Å². The summed E-state index contributed by atoms with van der Waals surface area (Å²) in [6.45, 7) is -2.05. The maximum absolute atomic E-state index is 12.2. The van der Waals surface area contributed by atoms with Gasteiger partial charge in [-0.25, -0.2) is 0 Å². The molecule has 1 unspecified atom stereocenters. The number of hydrogen-bond donors (Lipinski definition) is 0. The van der Waals surface area contributed by atoms with Gasteiger partial charge in [-0.15, -0.1) is 0 Å². The van der Waals surface area contributed by atoms with Crippen molar-refractivity contribution < 1.29 is 64.3 Å². The molecular formula is C8H16BF3KN. The van der Waals surface area contributed by atoms with Gasteiger partial charge in [-0.05, 0) is 32.3 Å². The second-order valence-corrected chi connectivity index (χ2v) is 3.76. The fourth-order valence-electron chi connectivity index (χ4n) is 2.03. The maximum Gasteiger partial charge on any atom is 1.00 e. The molecule has 1 atom stereocenters. The van der Waals surface area contributed by atoms with Crippen LogP contribution in [-0.4, -0.2) is 30.9 Å². The van der Waals surface area contributed by atoms with E-state index in [2.05, 4.69) is 0 Å². The van der Waals surface area contributed by atoms with Gasteiger partial charge in [0.15, 0.2) is 0 Å². The van der Waals surface area contributed by atoms with Gasteiger partial charge in [0, 0.05) is 6.04 Å². The molecule has 0 N–H and O–H groups in total. The Morgan fingerprint density at radius 3 is 2.43 bits per heavy atom. The van der Waals surface area contributed by atoms with Gasteiger partial charge < -0.3 is 17.8 Å². The van der Waals surface area contributed by atoms with Crippen LogP contribution >= 0.6 is 0 Å². The molecule has 0 bridgehead atoms. The van der Waals surface area contributed by atoms with E-state index in [-0.39, 0.29) is 57.4 Å². The van der Waals surface area contributed by atoms with Crippen molar-refractivity contribution in [3.63, 3.8) is 0 Å². The zero-order valence-corrected chi connectivity index (χ0v) is 12.1. The minimum Gasteiger partial charge on any atom is -0.448 e. The predicted octanol–water partition coefficient (Wildman–Crippen LogP) is -0.358. The Hall–Kier alpha value is 1.45. The molecule has 6 heteroatoms. The van der Waals surface area contributed by atoms with Gasteiger partial charge >= 0.3 is 58.4 Å². The third kappa shape index (κ3) is 5.51. The van der Waals surface area contributed by atoms with Gasteiger partial charge in [-0.3, -0.25) is 0 Å². The van der Waals surface area contributed by atoms with Crippen LogP contribution in [0.5, 0.6) is 0 Å². The number of likely N-dealkylation sites (tertiary alicyclic amines) is 1. The Balaban J connectivity index is 0.00000169. The van der Waals surface area contributed by atoms with Crippen LogP contribution in [0.1, 0.15) is 32.6 Å². The van der Waals surface area contributed by atoms with Crippen LogP contribution in [0.15, 0.2) is 0 Å². The second-order valence-electron chi connectivity index (χ2n) is 3.76. The summed E-state index contributed by atoms with van der Waals surface area (Å²) in [6.07, 6.45) is 3.11. The largest absolute Gasteiger partial charge is 1.00 e. The molecule has 78 valence electrons. The first-order valence-corrected chi connectivity index (χ1v) is 4.98. The van der Waals surface area contributed by atoms with Crippen molar-refractivity contribution in [1.29, 1.82) is 0 Å². The molecule has 1 heterocycles. The predicted molar refractivity (Wildman–Crippen MR) is 48.6 cm³/mol. The van der Waals surface area contributed by atoms with Gasteiger partial charge in [-0.2, -0.15) is 0 Å². The molecule has 1 rings (SSSR count). The topological polar surface area (TPSA) is 3.24 Å². The van der Waals surface area contributed by atoms with Gasteiger partial charge in [0.1, 0.15) is 0 Å². The van der Waals surface area contributed by atoms with E-state index in [1.165, 1.54) is 0 Å². The van der Waals surface area contributed by atoms with E-state index in [1.54, 1.807) is 4.90 Å². The van der Waals surface area contributed by atoms with E-state index in [4.69, 9.17) is 0 Å². The Bertz CT molecular complexity index is 165. The number of halogens is 3. The summed E-state index contributed by atoms with van der Waals surface area (Å²) in [7, 11) is 0. The van der Waals surface area contributed by atoms with Crippen molar-refractivity contribution in [2.75, 3.05) is 13.0 Å². The fraction of sp³-hybridized carbons (Fsp3) is 1.00. The average molecular weight is 233 g/mol. The van der Waals surface area contributed by atoms with Crippen LogP contribution in [0.2, 0.25) is 0 Å².